The summed E-state index contributed by atoms with van der Waals surface area (Å²) in [5.74, 6) is 0.979. The van der Waals surface area contributed by atoms with E-state index in [9.17, 15) is 0 Å². The molecule has 2 rings (SSSR count). The third-order valence-corrected chi connectivity index (χ3v) is 2.55. The summed E-state index contributed by atoms with van der Waals surface area (Å²) in [6, 6.07) is 10.3. The molecule has 0 amide bonds. The van der Waals surface area contributed by atoms with Crippen molar-refractivity contribution in [1.82, 2.24) is 9.55 Å². The summed E-state index contributed by atoms with van der Waals surface area (Å²) in [4.78, 5) is 4.37. The molecule has 0 bridgehead atoms. The molecule has 0 aliphatic heterocycles. The van der Waals surface area contributed by atoms with Gasteiger partial charge in [-0.25, -0.2) is 4.98 Å². The SMILES string of the molecule is C/C=C/C(=C/c1ccccc1)c1nccn1C. The molecular formula is C15H16N2. The summed E-state index contributed by atoms with van der Waals surface area (Å²) in [6.45, 7) is 2.02. The van der Waals surface area contributed by atoms with E-state index < -0.39 is 0 Å². The average Bonchev–Trinajstić information content (AvgIpc) is 2.76. The molecule has 0 saturated heterocycles. The van der Waals surface area contributed by atoms with Gasteiger partial charge in [0.05, 0.1) is 0 Å². The molecule has 17 heavy (non-hydrogen) atoms. The first-order valence-corrected chi connectivity index (χ1v) is 5.68. The predicted molar refractivity (Wildman–Crippen MR) is 72.3 cm³/mol. The molecule has 0 fully saturated rings. The summed E-state index contributed by atoms with van der Waals surface area (Å²) in [5, 5.41) is 0. The number of aromatic nitrogens is 2. The topological polar surface area (TPSA) is 17.8 Å². The van der Waals surface area contributed by atoms with Crippen LogP contribution in [0.15, 0.2) is 54.9 Å². The molecule has 0 radical (unpaired) electrons. The second-order valence-electron chi connectivity index (χ2n) is 3.87. The minimum Gasteiger partial charge on any atom is -0.334 e. The summed E-state index contributed by atoms with van der Waals surface area (Å²) in [7, 11) is 2.00. The summed E-state index contributed by atoms with van der Waals surface area (Å²) in [6.07, 6.45) is 10.0. The number of hydrogen-bond donors (Lipinski definition) is 0. The fraction of sp³-hybridized carbons (Fsp3) is 0.133. The lowest BCUT2D eigenvalue weighted by molar-refractivity contribution is 0.893. The van der Waals surface area contributed by atoms with E-state index in [-0.39, 0.29) is 0 Å². The van der Waals surface area contributed by atoms with Crippen molar-refractivity contribution in [2.75, 3.05) is 0 Å². The molecule has 0 saturated carbocycles. The Bertz CT molecular complexity index is 533. The van der Waals surface area contributed by atoms with Gasteiger partial charge < -0.3 is 4.57 Å². The lowest BCUT2D eigenvalue weighted by atomic mass is 10.1. The number of aryl methyl sites for hydroxylation is 1. The van der Waals surface area contributed by atoms with Crippen molar-refractivity contribution in [2.24, 2.45) is 7.05 Å². The van der Waals surface area contributed by atoms with Crippen molar-refractivity contribution in [3.05, 3.63) is 66.3 Å². The first-order chi connectivity index (χ1) is 8.31. The number of imidazole rings is 1. The minimum atomic E-state index is 0.979. The van der Waals surface area contributed by atoms with Crippen LogP contribution in [0, 0.1) is 0 Å². The van der Waals surface area contributed by atoms with Gasteiger partial charge in [-0.2, -0.15) is 0 Å². The van der Waals surface area contributed by atoms with E-state index in [0.29, 0.717) is 0 Å². The second-order valence-corrected chi connectivity index (χ2v) is 3.87. The highest BCUT2D eigenvalue weighted by molar-refractivity contribution is 5.84. The van der Waals surface area contributed by atoms with Crippen molar-refractivity contribution in [3.8, 4) is 0 Å². The van der Waals surface area contributed by atoms with Gasteiger partial charge in [0.2, 0.25) is 0 Å². The van der Waals surface area contributed by atoms with Gasteiger partial charge in [0.25, 0.3) is 0 Å². The molecule has 0 aliphatic carbocycles. The summed E-state index contributed by atoms with van der Waals surface area (Å²) in [5.41, 5.74) is 2.30. The molecule has 86 valence electrons. The lowest BCUT2D eigenvalue weighted by Gasteiger charge is -2.03. The van der Waals surface area contributed by atoms with Gasteiger partial charge in [-0.05, 0) is 18.6 Å². The van der Waals surface area contributed by atoms with E-state index in [1.54, 1.807) is 0 Å². The molecule has 0 spiro atoms. The smallest absolute Gasteiger partial charge is 0.139 e. The Morgan fingerprint density at radius 2 is 2.00 bits per heavy atom. The van der Waals surface area contributed by atoms with E-state index in [0.717, 1.165) is 11.4 Å². The Morgan fingerprint density at radius 1 is 1.24 bits per heavy atom. The van der Waals surface area contributed by atoms with Crippen molar-refractivity contribution >= 4 is 11.6 Å². The van der Waals surface area contributed by atoms with Crippen LogP contribution in [0.25, 0.3) is 11.6 Å². The van der Waals surface area contributed by atoms with Crippen LogP contribution < -0.4 is 0 Å². The fourth-order valence-electron chi connectivity index (χ4n) is 1.74. The van der Waals surface area contributed by atoms with Crippen LogP contribution in [0.4, 0.5) is 0 Å². The molecule has 2 nitrogen and oxygen atoms in total. The highest BCUT2D eigenvalue weighted by atomic mass is 15.0. The normalized spacial score (nSPS) is 12.2. The molecule has 2 aromatic rings. The van der Waals surface area contributed by atoms with Crippen LogP contribution >= 0.6 is 0 Å². The van der Waals surface area contributed by atoms with Crippen molar-refractivity contribution in [2.45, 2.75) is 6.92 Å². The first-order valence-electron chi connectivity index (χ1n) is 5.68. The number of allylic oxidation sites excluding steroid dienone is 3. The van der Waals surface area contributed by atoms with Gasteiger partial charge >= 0.3 is 0 Å². The third kappa shape index (κ3) is 2.72. The first kappa shape index (κ1) is 11.4. The molecule has 2 heteroatoms. The predicted octanol–water partition coefficient (Wildman–Crippen LogP) is 3.54. The molecule has 1 heterocycles. The van der Waals surface area contributed by atoms with Gasteiger partial charge in [0.15, 0.2) is 0 Å². The van der Waals surface area contributed by atoms with Crippen LogP contribution in [0.5, 0.6) is 0 Å². The molecule has 0 atom stereocenters. The molecule has 0 unspecified atom stereocenters. The summed E-state index contributed by atoms with van der Waals surface area (Å²) >= 11 is 0. The molecule has 0 aliphatic rings. The number of benzene rings is 1. The largest absolute Gasteiger partial charge is 0.334 e. The average molecular weight is 224 g/mol. The monoisotopic (exact) mass is 224 g/mol. The highest BCUT2D eigenvalue weighted by Crippen LogP contribution is 2.17. The van der Waals surface area contributed by atoms with Gasteiger partial charge in [0.1, 0.15) is 5.82 Å². The Kier molecular flexibility index (Phi) is 3.55. The van der Waals surface area contributed by atoms with Crippen molar-refractivity contribution in [3.63, 3.8) is 0 Å². The van der Waals surface area contributed by atoms with Gasteiger partial charge in [-0.15, -0.1) is 0 Å². The zero-order valence-electron chi connectivity index (χ0n) is 10.2. The van der Waals surface area contributed by atoms with E-state index >= 15 is 0 Å². The van der Waals surface area contributed by atoms with Crippen molar-refractivity contribution in [1.29, 1.82) is 0 Å². The molecule has 0 N–H and O–H groups in total. The number of nitrogens with zero attached hydrogens (tertiary/aromatic N) is 2. The van der Waals surface area contributed by atoms with Crippen LogP contribution in [0.2, 0.25) is 0 Å². The Labute approximate surface area is 102 Å². The Hall–Kier alpha value is -2.09. The van der Waals surface area contributed by atoms with E-state index in [2.05, 4.69) is 29.3 Å². The standard InChI is InChI=1S/C15H16N2/c1-3-7-14(15-16-10-11-17(15)2)12-13-8-5-4-6-9-13/h3-12H,1-2H3/b7-3+,14-12-. The highest BCUT2D eigenvalue weighted by Gasteiger charge is 2.03. The van der Waals surface area contributed by atoms with Crippen LogP contribution in [-0.4, -0.2) is 9.55 Å². The van der Waals surface area contributed by atoms with Crippen LogP contribution in [0.1, 0.15) is 18.3 Å². The summed E-state index contributed by atoms with van der Waals surface area (Å²) < 4.78 is 2.02. The van der Waals surface area contributed by atoms with Gasteiger partial charge in [-0.1, -0.05) is 42.5 Å². The second kappa shape index (κ2) is 5.30. The molecule has 1 aromatic carbocycles. The van der Waals surface area contributed by atoms with E-state index in [4.69, 9.17) is 0 Å². The number of rotatable bonds is 3. The maximum Gasteiger partial charge on any atom is 0.139 e. The zero-order chi connectivity index (χ0) is 12.1. The van der Waals surface area contributed by atoms with Crippen LogP contribution in [-0.2, 0) is 7.05 Å². The minimum absolute atomic E-state index is 0.979. The quantitative estimate of drug-likeness (QED) is 0.729. The van der Waals surface area contributed by atoms with Gasteiger partial charge in [0, 0.05) is 25.0 Å². The fourth-order valence-corrected chi connectivity index (χ4v) is 1.74. The van der Waals surface area contributed by atoms with E-state index in [1.165, 1.54) is 5.56 Å². The van der Waals surface area contributed by atoms with Gasteiger partial charge in [-0.3, -0.25) is 0 Å². The third-order valence-electron chi connectivity index (χ3n) is 2.55. The Morgan fingerprint density at radius 3 is 2.59 bits per heavy atom. The van der Waals surface area contributed by atoms with Crippen molar-refractivity contribution < 1.29 is 0 Å². The van der Waals surface area contributed by atoms with Crippen LogP contribution in [0.3, 0.4) is 0 Å². The number of hydrogen-bond acceptors (Lipinski definition) is 1. The maximum atomic E-state index is 4.37. The molecule has 1 aromatic heterocycles. The zero-order valence-corrected chi connectivity index (χ0v) is 10.2. The van der Waals surface area contributed by atoms with E-state index in [1.807, 2.05) is 55.2 Å². The maximum absolute atomic E-state index is 4.37. The molecular weight excluding hydrogens is 208 g/mol. The lowest BCUT2D eigenvalue weighted by Crippen LogP contribution is -1.94. The Balaban J connectivity index is 2.43.